The summed E-state index contributed by atoms with van der Waals surface area (Å²) in [4.78, 5) is 24.4. The third-order valence-electron chi connectivity index (χ3n) is 4.86. The fourth-order valence-electron chi connectivity index (χ4n) is 3.19. The fraction of sp³-hybridized carbons (Fsp3) is 0.333. The number of ether oxygens (including phenoxy) is 1. The van der Waals surface area contributed by atoms with Gasteiger partial charge in [-0.25, -0.2) is 17.6 Å². The lowest BCUT2D eigenvalue weighted by Gasteiger charge is -2.26. The van der Waals surface area contributed by atoms with Crippen LogP contribution in [0.4, 0.5) is 10.1 Å². The molecule has 1 saturated heterocycles. The van der Waals surface area contributed by atoms with Crippen molar-refractivity contribution in [2.75, 3.05) is 25.0 Å². The summed E-state index contributed by atoms with van der Waals surface area (Å²) in [7, 11) is -3.71. The summed E-state index contributed by atoms with van der Waals surface area (Å²) in [6.07, 6.45) is 2.60. The smallest absolute Gasteiger partial charge is 0.338 e. The minimum absolute atomic E-state index is 0.0118. The molecule has 1 fully saturated rings. The molecule has 30 heavy (non-hydrogen) atoms. The van der Waals surface area contributed by atoms with Gasteiger partial charge in [-0.05, 0) is 49.6 Å². The van der Waals surface area contributed by atoms with E-state index >= 15 is 0 Å². The first-order chi connectivity index (χ1) is 14.3. The van der Waals surface area contributed by atoms with E-state index < -0.39 is 34.3 Å². The average molecular weight is 434 g/mol. The topological polar surface area (TPSA) is 92.8 Å². The monoisotopic (exact) mass is 434 g/mol. The number of carbonyl (C=O) groups is 2. The van der Waals surface area contributed by atoms with Gasteiger partial charge >= 0.3 is 5.97 Å². The average Bonchev–Trinajstić information content (AvgIpc) is 2.74. The number of benzene rings is 2. The Bertz CT molecular complexity index is 1050. The number of hydrogen-bond donors (Lipinski definition) is 1. The number of sulfonamides is 1. The summed E-state index contributed by atoms with van der Waals surface area (Å²) in [5.41, 5.74) is 0.559. The van der Waals surface area contributed by atoms with Crippen molar-refractivity contribution in [3.05, 3.63) is 59.4 Å². The number of esters is 1. The highest BCUT2D eigenvalue weighted by Crippen LogP contribution is 2.23. The van der Waals surface area contributed by atoms with E-state index in [2.05, 4.69) is 5.32 Å². The van der Waals surface area contributed by atoms with Crippen LogP contribution in [0.25, 0.3) is 0 Å². The van der Waals surface area contributed by atoms with Gasteiger partial charge < -0.3 is 10.1 Å². The molecule has 1 N–H and O–H groups in total. The van der Waals surface area contributed by atoms with Crippen molar-refractivity contribution >= 4 is 27.6 Å². The van der Waals surface area contributed by atoms with Gasteiger partial charge in [0.2, 0.25) is 10.0 Å². The SMILES string of the molecule is Cc1ccc(S(=O)(=O)N2CCCCC2)cc1C(=O)OCC(=O)Nc1ccccc1F. The Morgan fingerprint density at radius 3 is 2.50 bits per heavy atom. The second-order valence-electron chi connectivity index (χ2n) is 7.05. The molecule has 0 unspecified atom stereocenters. The highest BCUT2D eigenvalue weighted by Gasteiger charge is 2.27. The van der Waals surface area contributed by atoms with Gasteiger partial charge in [0.25, 0.3) is 5.91 Å². The number of piperidine rings is 1. The van der Waals surface area contributed by atoms with Gasteiger partial charge in [0, 0.05) is 13.1 Å². The Morgan fingerprint density at radius 2 is 1.80 bits per heavy atom. The number of anilines is 1. The molecule has 0 spiro atoms. The minimum atomic E-state index is -3.71. The third-order valence-corrected chi connectivity index (χ3v) is 6.76. The maximum absolute atomic E-state index is 13.6. The van der Waals surface area contributed by atoms with E-state index in [9.17, 15) is 22.4 Å². The van der Waals surface area contributed by atoms with E-state index in [0.29, 0.717) is 18.7 Å². The van der Waals surface area contributed by atoms with Crippen LogP contribution in [0.5, 0.6) is 0 Å². The lowest BCUT2D eigenvalue weighted by atomic mass is 10.1. The number of nitrogens with one attached hydrogen (secondary N) is 1. The first-order valence-corrected chi connectivity index (χ1v) is 11.1. The number of amides is 1. The molecule has 9 heteroatoms. The number of rotatable bonds is 6. The van der Waals surface area contributed by atoms with E-state index in [1.165, 1.54) is 40.7 Å². The van der Waals surface area contributed by atoms with Crippen LogP contribution >= 0.6 is 0 Å². The first kappa shape index (κ1) is 21.9. The highest BCUT2D eigenvalue weighted by molar-refractivity contribution is 7.89. The number of carbonyl (C=O) groups excluding carboxylic acids is 2. The van der Waals surface area contributed by atoms with Crippen molar-refractivity contribution in [3.8, 4) is 0 Å². The largest absolute Gasteiger partial charge is 0.452 e. The zero-order chi connectivity index (χ0) is 21.7. The van der Waals surface area contributed by atoms with Crippen molar-refractivity contribution in [2.45, 2.75) is 31.1 Å². The molecular weight excluding hydrogens is 411 g/mol. The van der Waals surface area contributed by atoms with Gasteiger partial charge in [0.05, 0.1) is 16.1 Å². The Kier molecular flexibility index (Phi) is 6.84. The molecule has 0 radical (unpaired) electrons. The van der Waals surface area contributed by atoms with E-state index in [-0.39, 0.29) is 16.1 Å². The summed E-state index contributed by atoms with van der Waals surface area (Å²) < 4.78 is 45.7. The zero-order valence-electron chi connectivity index (χ0n) is 16.6. The lowest BCUT2D eigenvalue weighted by Crippen LogP contribution is -2.35. The van der Waals surface area contributed by atoms with Gasteiger partial charge in [0.1, 0.15) is 5.82 Å². The predicted molar refractivity (Wildman–Crippen MR) is 109 cm³/mol. The summed E-state index contributed by atoms with van der Waals surface area (Å²) in [6.45, 7) is 1.92. The molecule has 7 nitrogen and oxygen atoms in total. The Hall–Kier alpha value is -2.78. The molecule has 0 aliphatic carbocycles. The van der Waals surface area contributed by atoms with Crippen LogP contribution in [0.3, 0.4) is 0 Å². The van der Waals surface area contributed by atoms with Gasteiger partial charge in [0.15, 0.2) is 6.61 Å². The van der Waals surface area contributed by atoms with Crippen molar-refractivity contribution in [1.29, 1.82) is 0 Å². The Labute approximate surface area is 174 Å². The second-order valence-corrected chi connectivity index (χ2v) is 8.98. The summed E-state index contributed by atoms with van der Waals surface area (Å²) in [6, 6.07) is 9.89. The van der Waals surface area contributed by atoms with Crippen molar-refractivity contribution in [3.63, 3.8) is 0 Å². The first-order valence-electron chi connectivity index (χ1n) is 9.61. The van der Waals surface area contributed by atoms with Gasteiger partial charge in [-0.3, -0.25) is 4.79 Å². The van der Waals surface area contributed by atoms with Crippen molar-refractivity contribution in [1.82, 2.24) is 4.31 Å². The number of nitrogens with zero attached hydrogens (tertiary/aromatic N) is 1. The Balaban J connectivity index is 1.69. The van der Waals surface area contributed by atoms with E-state index in [0.717, 1.165) is 19.3 Å². The quantitative estimate of drug-likeness (QED) is 0.706. The molecule has 160 valence electrons. The molecule has 1 heterocycles. The summed E-state index contributed by atoms with van der Waals surface area (Å²) >= 11 is 0. The predicted octanol–water partition coefficient (Wildman–Crippen LogP) is 3.10. The molecule has 2 aromatic carbocycles. The van der Waals surface area contributed by atoms with Gasteiger partial charge in [-0.2, -0.15) is 4.31 Å². The van der Waals surface area contributed by atoms with Crippen LogP contribution in [0.2, 0.25) is 0 Å². The molecule has 1 amide bonds. The van der Waals surface area contributed by atoms with Gasteiger partial charge in [-0.15, -0.1) is 0 Å². The maximum Gasteiger partial charge on any atom is 0.338 e. The minimum Gasteiger partial charge on any atom is -0.452 e. The molecule has 0 atom stereocenters. The van der Waals surface area contributed by atoms with Crippen LogP contribution in [0, 0.1) is 12.7 Å². The van der Waals surface area contributed by atoms with E-state index in [1.807, 2.05) is 0 Å². The zero-order valence-corrected chi connectivity index (χ0v) is 17.4. The van der Waals surface area contributed by atoms with Gasteiger partial charge in [-0.1, -0.05) is 24.6 Å². The molecule has 1 aliphatic rings. The second kappa shape index (κ2) is 9.36. The number of para-hydroxylation sites is 1. The number of hydrogen-bond acceptors (Lipinski definition) is 5. The lowest BCUT2D eigenvalue weighted by molar-refractivity contribution is -0.119. The summed E-state index contributed by atoms with van der Waals surface area (Å²) in [5, 5.41) is 2.32. The standard InChI is InChI=1S/C21H23FN2O5S/c1-15-9-10-16(30(27,28)24-11-5-2-6-12-24)13-17(15)21(26)29-14-20(25)23-19-8-4-3-7-18(19)22/h3-4,7-10,13H,2,5-6,11-12,14H2,1H3,(H,23,25). The Morgan fingerprint density at radius 1 is 1.10 bits per heavy atom. The normalized spacial score (nSPS) is 14.9. The molecule has 0 aromatic heterocycles. The van der Waals surface area contributed by atoms with Crippen LogP contribution in [-0.2, 0) is 19.6 Å². The van der Waals surface area contributed by atoms with Crippen LogP contribution in [0.1, 0.15) is 35.2 Å². The van der Waals surface area contributed by atoms with E-state index in [4.69, 9.17) is 4.74 Å². The molecule has 0 saturated carbocycles. The molecule has 0 bridgehead atoms. The van der Waals surface area contributed by atoms with E-state index in [1.54, 1.807) is 13.0 Å². The molecular formula is C21H23FN2O5S. The number of aryl methyl sites for hydroxylation is 1. The third kappa shape index (κ3) is 5.03. The van der Waals surface area contributed by atoms with Crippen molar-refractivity contribution < 1.29 is 27.1 Å². The molecule has 1 aliphatic heterocycles. The summed E-state index contributed by atoms with van der Waals surface area (Å²) in [5.74, 6) is -2.14. The molecule has 3 rings (SSSR count). The van der Waals surface area contributed by atoms with Crippen molar-refractivity contribution in [2.24, 2.45) is 0 Å². The maximum atomic E-state index is 13.6. The van der Waals surface area contributed by atoms with Crippen LogP contribution < -0.4 is 5.32 Å². The van der Waals surface area contributed by atoms with Crippen LogP contribution in [0.15, 0.2) is 47.4 Å². The fourth-order valence-corrected chi connectivity index (χ4v) is 4.74. The molecule has 2 aromatic rings. The van der Waals surface area contributed by atoms with Crippen LogP contribution in [-0.4, -0.2) is 44.3 Å². The number of halogens is 1. The highest BCUT2D eigenvalue weighted by atomic mass is 32.2.